The van der Waals surface area contributed by atoms with Crippen LogP contribution in [0, 0.1) is 0 Å². The second kappa shape index (κ2) is 4.82. The van der Waals surface area contributed by atoms with E-state index in [1.807, 2.05) is 13.8 Å². The molecule has 1 atom stereocenters. The predicted octanol–water partition coefficient (Wildman–Crippen LogP) is 3.77. The number of benzene rings is 1. The van der Waals surface area contributed by atoms with Crippen LogP contribution in [-0.4, -0.2) is 15.9 Å². The van der Waals surface area contributed by atoms with E-state index in [4.69, 9.17) is 4.84 Å². The van der Waals surface area contributed by atoms with E-state index in [1.54, 1.807) is 24.3 Å². The molecule has 0 fully saturated rings. The maximum atomic E-state index is 12.4. The Morgan fingerprint density at radius 3 is 2.36 bits per heavy atom. The number of halogens is 3. The van der Waals surface area contributed by atoms with E-state index in [2.05, 4.69) is 19.8 Å². The van der Waals surface area contributed by atoms with Gasteiger partial charge in [-0.1, -0.05) is 34.6 Å². The Morgan fingerprint density at radius 1 is 1.18 bits per heavy atom. The fourth-order valence-corrected chi connectivity index (χ4v) is 2.31. The molecule has 1 aromatic heterocycles. The second-order valence-corrected chi connectivity index (χ2v) is 5.32. The maximum absolute atomic E-state index is 12.4. The lowest BCUT2D eigenvalue weighted by atomic mass is 9.91. The largest absolute Gasteiger partial charge is 0.471 e. The van der Waals surface area contributed by atoms with Crippen molar-refractivity contribution in [2.45, 2.75) is 32.0 Å². The average Bonchev–Trinajstić information content (AvgIpc) is 3.06. The van der Waals surface area contributed by atoms with E-state index in [9.17, 15) is 13.2 Å². The lowest BCUT2D eigenvalue weighted by Crippen LogP contribution is -2.21. The van der Waals surface area contributed by atoms with Crippen LogP contribution >= 0.6 is 0 Å². The van der Waals surface area contributed by atoms with E-state index in [-0.39, 0.29) is 5.82 Å². The van der Waals surface area contributed by atoms with Gasteiger partial charge < -0.3 is 9.36 Å². The van der Waals surface area contributed by atoms with Crippen LogP contribution in [-0.2, 0) is 16.6 Å². The van der Waals surface area contributed by atoms with Crippen molar-refractivity contribution in [1.29, 1.82) is 0 Å². The summed E-state index contributed by atoms with van der Waals surface area (Å²) in [7, 11) is 0. The van der Waals surface area contributed by atoms with Crippen LogP contribution < -0.4 is 0 Å². The Hall–Kier alpha value is -2.38. The molecule has 1 aliphatic heterocycles. The fourth-order valence-electron chi connectivity index (χ4n) is 2.31. The van der Waals surface area contributed by atoms with E-state index in [0.717, 1.165) is 11.3 Å². The molecule has 8 heteroatoms. The third-order valence-electron chi connectivity index (χ3n) is 3.42. The predicted molar refractivity (Wildman–Crippen MR) is 70.9 cm³/mol. The summed E-state index contributed by atoms with van der Waals surface area (Å²) in [5, 5.41) is 7.28. The van der Waals surface area contributed by atoms with Gasteiger partial charge in [-0.15, -0.1) is 0 Å². The molecule has 0 aliphatic carbocycles. The van der Waals surface area contributed by atoms with Gasteiger partial charge in [-0.25, -0.2) is 0 Å². The molecule has 2 heterocycles. The molecule has 1 aromatic carbocycles. The number of alkyl halides is 3. The molecule has 1 unspecified atom stereocenters. The minimum atomic E-state index is -4.65. The minimum absolute atomic E-state index is 0.108. The highest BCUT2D eigenvalue weighted by Crippen LogP contribution is 2.35. The first kappa shape index (κ1) is 14.6. The summed E-state index contributed by atoms with van der Waals surface area (Å²) in [6.07, 6.45) is -3.99. The van der Waals surface area contributed by atoms with Gasteiger partial charge in [-0.2, -0.15) is 18.2 Å². The van der Waals surface area contributed by atoms with Gasteiger partial charge in [0.25, 0.3) is 0 Å². The Balaban J connectivity index is 1.84. The van der Waals surface area contributed by atoms with Crippen molar-refractivity contribution in [2.75, 3.05) is 0 Å². The quantitative estimate of drug-likeness (QED) is 0.847. The molecule has 116 valence electrons. The molecule has 0 bridgehead atoms. The summed E-state index contributed by atoms with van der Waals surface area (Å²) in [4.78, 5) is 8.77. The molecule has 1 aliphatic rings. The van der Waals surface area contributed by atoms with Crippen molar-refractivity contribution >= 4 is 5.71 Å². The Kier molecular flexibility index (Phi) is 3.19. The van der Waals surface area contributed by atoms with E-state index < -0.39 is 17.7 Å². The smallest absolute Gasteiger partial charge is 0.384 e. The summed E-state index contributed by atoms with van der Waals surface area (Å²) in [6, 6.07) is 6.77. The van der Waals surface area contributed by atoms with Crippen LogP contribution in [0.25, 0.3) is 11.4 Å². The molecule has 2 aromatic rings. The molecule has 0 saturated heterocycles. The highest BCUT2D eigenvalue weighted by Gasteiger charge is 2.38. The third-order valence-corrected chi connectivity index (χ3v) is 3.42. The Labute approximate surface area is 123 Å². The van der Waals surface area contributed by atoms with Crippen LogP contribution in [0.3, 0.4) is 0 Å². The van der Waals surface area contributed by atoms with E-state index in [1.165, 1.54) is 0 Å². The molecule has 0 radical (unpaired) electrons. The zero-order valence-electron chi connectivity index (χ0n) is 11.8. The average molecular weight is 311 g/mol. The lowest BCUT2D eigenvalue weighted by Gasteiger charge is -2.21. The minimum Gasteiger partial charge on any atom is -0.384 e. The van der Waals surface area contributed by atoms with Crippen LogP contribution in [0.1, 0.15) is 31.7 Å². The van der Waals surface area contributed by atoms with E-state index >= 15 is 0 Å². The van der Waals surface area contributed by atoms with Gasteiger partial charge in [0.1, 0.15) is 0 Å². The standard InChI is InChI=1S/C14H12F3N3O2/c1-8-7-13(2,22-19-8)10-5-3-9(4-6-10)11-18-12(21-20-11)14(15,16)17/h3-6H,7H2,1-2H3. The molecular weight excluding hydrogens is 299 g/mol. The summed E-state index contributed by atoms with van der Waals surface area (Å²) in [6.45, 7) is 3.77. The number of hydrogen-bond donors (Lipinski definition) is 0. The topological polar surface area (TPSA) is 60.5 Å². The molecular formula is C14H12F3N3O2. The molecule has 5 nitrogen and oxygen atoms in total. The molecule has 0 N–H and O–H groups in total. The van der Waals surface area contributed by atoms with Crippen molar-refractivity contribution in [2.24, 2.45) is 5.16 Å². The number of hydrogen-bond acceptors (Lipinski definition) is 5. The molecule has 0 saturated carbocycles. The summed E-state index contributed by atoms with van der Waals surface area (Å²) < 4.78 is 41.6. The SMILES string of the molecule is CC1=NOC(C)(c2ccc(-c3noc(C(F)(F)F)n3)cc2)C1. The first-order chi connectivity index (χ1) is 10.3. The van der Waals surface area contributed by atoms with Crippen molar-refractivity contribution in [3.63, 3.8) is 0 Å². The molecule has 0 amide bonds. The molecule has 0 spiro atoms. The van der Waals surface area contributed by atoms with Crippen molar-refractivity contribution < 1.29 is 22.5 Å². The van der Waals surface area contributed by atoms with Gasteiger partial charge >= 0.3 is 12.1 Å². The van der Waals surface area contributed by atoms with Crippen molar-refractivity contribution in [3.05, 3.63) is 35.7 Å². The van der Waals surface area contributed by atoms with Gasteiger partial charge in [0, 0.05) is 12.0 Å². The van der Waals surface area contributed by atoms with E-state index in [0.29, 0.717) is 12.0 Å². The number of aromatic nitrogens is 2. The Bertz CT molecular complexity index is 722. The molecule has 3 rings (SSSR count). The van der Waals surface area contributed by atoms with Crippen molar-refractivity contribution in [1.82, 2.24) is 10.1 Å². The maximum Gasteiger partial charge on any atom is 0.471 e. The monoisotopic (exact) mass is 311 g/mol. The van der Waals surface area contributed by atoms with Gasteiger partial charge in [-0.3, -0.25) is 0 Å². The van der Waals surface area contributed by atoms with Gasteiger partial charge in [-0.05, 0) is 19.4 Å². The highest BCUT2D eigenvalue weighted by atomic mass is 19.4. The number of nitrogens with zero attached hydrogens (tertiary/aromatic N) is 3. The summed E-state index contributed by atoms with van der Waals surface area (Å²) in [5.74, 6) is -1.47. The number of rotatable bonds is 2. The Morgan fingerprint density at radius 2 is 1.86 bits per heavy atom. The van der Waals surface area contributed by atoms with Gasteiger partial charge in [0.15, 0.2) is 5.60 Å². The first-order valence-electron chi connectivity index (χ1n) is 6.51. The van der Waals surface area contributed by atoms with Crippen LogP contribution in [0.5, 0.6) is 0 Å². The molecule has 22 heavy (non-hydrogen) atoms. The normalized spacial score (nSPS) is 21.6. The summed E-state index contributed by atoms with van der Waals surface area (Å²) in [5.41, 5.74) is 1.63. The zero-order chi connectivity index (χ0) is 16.0. The van der Waals surface area contributed by atoms with Gasteiger partial charge in [0.05, 0.1) is 5.71 Å². The highest BCUT2D eigenvalue weighted by molar-refractivity contribution is 5.83. The van der Waals surface area contributed by atoms with Crippen LogP contribution in [0.2, 0.25) is 0 Å². The second-order valence-electron chi connectivity index (χ2n) is 5.32. The lowest BCUT2D eigenvalue weighted by molar-refractivity contribution is -0.159. The van der Waals surface area contributed by atoms with Gasteiger partial charge in [0.2, 0.25) is 5.82 Å². The van der Waals surface area contributed by atoms with Crippen LogP contribution in [0.15, 0.2) is 33.9 Å². The van der Waals surface area contributed by atoms with Crippen molar-refractivity contribution in [3.8, 4) is 11.4 Å². The first-order valence-corrected chi connectivity index (χ1v) is 6.51. The zero-order valence-corrected chi connectivity index (χ0v) is 11.8. The van der Waals surface area contributed by atoms with Crippen LogP contribution in [0.4, 0.5) is 13.2 Å². The third kappa shape index (κ3) is 2.56. The fraction of sp³-hybridized carbons (Fsp3) is 0.357. The number of oxime groups is 1. The summed E-state index contributed by atoms with van der Waals surface area (Å²) >= 11 is 0.